The van der Waals surface area contributed by atoms with E-state index < -0.39 is 37.3 Å². The molecular weight excluding hydrogens is 252 g/mol. The second-order valence-electron chi connectivity index (χ2n) is 4.08. The number of hydrogen-bond acceptors (Lipinski definition) is 6. The van der Waals surface area contributed by atoms with Crippen molar-refractivity contribution < 1.29 is 30.0 Å². The van der Waals surface area contributed by atoms with Gasteiger partial charge in [0.05, 0.1) is 13.2 Å². The Bertz CT molecular complexity index is 380. The number of hydrogen-bond donors (Lipinski definition) is 4. The third kappa shape index (κ3) is 4.70. The second kappa shape index (κ2) is 7.98. The van der Waals surface area contributed by atoms with Gasteiger partial charge in [0, 0.05) is 0 Å². The Kier molecular flexibility index (Phi) is 6.61. The summed E-state index contributed by atoms with van der Waals surface area (Å²) < 4.78 is 5.23. The van der Waals surface area contributed by atoms with Gasteiger partial charge >= 0.3 is 0 Å². The number of ether oxygens (including phenoxy) is 1. The molecule has 0 bridgehead atoms. The highest BCUT2D eigenvalue weighted by Crippen LogP contribution is 2.10. The highest BCUT2D eigenvalue weighted by molar-refractivity contribution is 5.84. The Balaban J connectivity index is 2.67. The molecule has 0 aromatic heterocycles. The molecule has 0 saturated heterocycles. The van der Waals surface area contributed by atoms with Gasteiger partial charge in [-0.2, -0.15) is 0 Å². The van der Waals surface area contributed by atoms with Crippen LogP contribution in [-0.4, -0.2) is 57.7 Å². The summed E-state index contributed by atoms with van der Waals surface area (Å²) in [5, 5.41) is 36.6. The summed E-state index contributed by atoms with van der Waals surface area (Å²) in [5.74, 6) is -0.754. The Morgan fingerprint density at radius 2 is 1.79 bits per heavy atom. The highest BCUT2D eigenvalue weighted by atomic mass is 16.5. The smallest absolute Gasteiger partial charge is 0.189 e. The number of Topliss-reactive ketones (excluding diaryl/α,β-unsaturated/α-hetero) is 1. The van der Waals surface area contributed by atoms with Crippen LogP contribution in [0.2, 0.25) is 0 Å². The van der Waals surface area contributed by atoms with Crippen LogP contribution in [0, 0.1) is 0 Å². The predicted octanol–water partition coefficient (Wildman–Crippen LogP) is -1.15. The normalized spacial score (nSPS) is 15.8. The first-order valence-corrected chi connectivity index (χ1v) is 5.86. The maximum atomic E-state index is 11.5. The monoisotopic (exact) mass is 270 g/mol. The lowest BCUT2D eigenvalue weighted by Crippen LogP contribution is -2.46. The summed E-state index contributed by atoms with van der Waals surface area (Å²) in [5.41, 5.74) is 0.781. The molecule has 1 aromatic rings. The first-order chi connectivity index (χ1) is 9.10. The molecule has 0 amide bonds. The van der Waals surface area contributed by atoms with Crippen LogP contribution in [0.4, 0.5) is 0 Å². The number of carbonyl (C=O) groups excluding carboxylic acids is 1. The maximum absolute atomic E-state index is 11.5. The fourth-order valence-corrected chi connectivity index (χ4v) is 1.54. The fraction of sp³-hybridized carbons (Fsp3) is 0.462. The molecule has 4 N–H and O–H groups in total. The molecule has 1 aromatic carbocycles. The lowest BCUT2D eigenvalue weighted by atomic mass is 10.0. The molecule has 0 aliphatic carbocycles. The summed E-state index contributed by atoms with van der Waals surface area (Å²) in [6, 6.07) is 8.95. The maximum Gasteiger partial charge on any atom is 0.189 e. The van der Waals surface area contributed by atoms with E-state index in [1.807, 2.05) is 6.07 Å². The average molecular weight is 270 g/mol. The van der Waals surface area contributed by atoms with Crippen molar-refractivity contribution in [1.82, 2.24) is 0 Å². The number of benzene rings is 1. The Morgan fingerprint density at radius 1 is 1.16 bits per heavy atom. The Hall–Kier alpha value is -1.31. The van der Waals surface area contributed by atoms with Gasteiger partial charge in [-0.1, -0.05) is 30.3 Å². The quantitative estimate of drug-likeness (QED) is 0.475. The molecule has 6 heteroatoms. The van der Waals surface area contributed by atoms with Gasteiger partial charge in [-0.15, -0.1) is 0 Å². The molecule has 0 saturated carbocycles. The van der Waals surface area contributed by atoms with Crippen LogP contribution < -0.4 is 0 Å². The molecule has 0 fully saturated rings. The highest BCUT2D eigenvalue weighted by Gasteiger charge is 2.32. The molecule has 0 aliphatic heterocycles. The minimum absolute atomic E-state index is 0.0481. The number of ketones is 1. The standard InChI is InChI=1S/C13H18O6/c14-6-10(16)12(18)13(11(17)7-15)19-8-9-4-2-1-3-5-9/h1-5,10,12-16,18H,6-8H2/t10-,12-,13-/m1/s1. The summed E-state index contributed by atoms with van der Waals surface area (Å²) >= 11 is 0. The van der Waals surface area contributed by atoms with Crippen molar-refractivity contribution in [3.8, 4) is 0 Å². The molecule has 0 spiro atoms. The van der Waals surface area contributed by atoms with Crippen LogP contribution in [0.3, 0.4) is 0 Å². The van der Waals surface area contributed by atoms with Crippen molar-refractivity contribution in [3.63, 3.8) is 0 Å². The minimum atomic E-state index is -1.59. The third-order valence-corrected chi connectivity index (χ3v) is 2.64. The molecule has 0 aliphatic rings. The van der Waals surface area contributed by atoms with Crippen LogP contribution in [0.25, 0.3) is 0 Å². The van der Waals surface area contributed by atoms with E-state index in [0.717, 1.165) is 5.56 Å². The van der Waals surface area contributed by atoms with Crippen molar-refractivity contribution >= 4 is 5.78 Å². The lowest BCUT2D eigenvalue weighted by molar-refractivity contribution is -0.152. The first kappa shape index (κ1) is 15.7. The van der Waals surface area contributed by atoms with Crippen molar-refractivity contribution in [3.05, 3.63) is 35.9 Å². The fourth-order valence-electron chi connectivity index (χ4n) is 1.54. The minimum Gasteiger partial charge on any atom is -0.394 e. The van der Waals surface area contributed by atoms with E-state index in [1.165, 1.54) is 0 Å². The number of aliphatic hydroxyl groups is 4. The van der Waals surface area contributed by atoms with Crippen LogP contribution in [0.5, 0.6) is 0 Å². The van der Waals surface area contributed by atoms with Gasteiger partial charge in [-0.3, -0.25) is 4.79 Å². The van der Waals surface area contributed by atoms with Gasteiger partial charge in [0.15, 0.2) is 5.78 Å². The van der Waals surface area contributed by atoms with Gasteiger partial charge in [-0.05, 0) is 5.56 Å². The molecule has 106 valence electrons. The number of aliphatic hydroxyl groups excluding tert-OH is 4. The van der Waals surface area contributed by atoms with E-state index in [2.05, 4.69) is 0 Å². The Morgan fingerprint density at radius 3 is 2.32 bits per heavy atom. The summed E-state index contributed by atoms with van der Waals surface area (Å²) in [7, 11) is 0. The van der Waals surface area contributed by atoms with Crippen molar-refractivity contribution in [2.24, 2.45) is 0 Å². The zero-order chi connectivity index (χ0) is 14.3. The molecule has 6 nitrogen and oxygen atoms in total. The SMILES string of the molecule is O=C(CO)[C@@H](OCc1ccccc1)[C@H](O)[C@H](O)CO. The molecule has 0 radical (unpaired) electrons. The van der Waals surface area contributed by atoms with Crippen LogP contribution >= 0.6 is 0 Å². The summed E-state index contributed by atoms with van der Waals surface area (Å²) in [4.78, 5) is 11.5. The van der Waals surface area contributed by atoms with E-state index in [0.29, 0.717) is 0 Å². The Labute approximate surface area is 110 Å². The summed E-state index contributed by atoms with van der Waals surface area (Å²) in [6.45, 7) is -1.47. The van der Waals surface area contributed by atoms with Gasteiger partial charge in [0.1, 0.15) is 24.9 Å². The zero-order valence-corrected chi connectivity index (χ0v) is 10.3. The zero-order valence-electron chi connectivity index (χ0n) is 10.3. The van der Waals surface area contributed by atoms with Crippen LogP contribution in [-0.2, 0) is 16.1 Å². The number of carbonyl (C=O) groups is 1. The molecule has 3 atom stereocenters. The third-order valence-electron chi connectivity index (χ3n) is 2.64. The van der Waals surface area contributed by atoms with Gasteiger partial charge < -0.3 is 25.2 Å². The molecule has 0 unspecified atom stereocenters. The van der Waals surface area contributed by atoms with Crippen LogP contribution in [0.15, 0.2) is 30.3 Å². The average Bonchev–Trinajstić information content (AvgIpc) is 2.47. The summed E-state index contributed by atoms with van der Waals surface area (Å²) in [6.07, 6.45) is -4.48. The van der Waals surface area contributed by atoms with Crippen molar-refractivity contribution in [1.29, 1.82) is 0 Å². The van der Waals surface area contributed by atoms with Crippen LogP contribution in [0.1, 0.15) is 5.56 Å². The van der Waals surface area contributed by atoms with E-state index >= 15 is 0 Å². The molecular formula is C13H18O6. The van der Waals surface area contributed by atoms with E-state index in [4.69, 9.17) is 14.9 Å². The molecule has 0 heterocycles. The largest absolute Gasteiger partial charge is 0.394 e. The van der Waals surface area contributed by atoms with E-state index in [-0.39, 0.29) is 6.61 Å². The van der Waals surface area contributed by atoms with E-state index in [1.54, 1.807) is 24.3 Å². The predicted molar refractivity (Wildman–Crippen MR) is 66.2 cm³/mol. The first-order valence-electron chi connectivity index (χ1n) is 5.86. The van der Waals surface area contributed by atoms with Crippen molar-refractivity contribution in [2.75, 3.05) is 13.2 Å². The lowest BCUT2D eigenvalue weighted by Gasteiger charge is -2.24. The number of rotatable bonds is 8. The van der Waals surface area contributed by atoms with E-state index in [9.17, 15) is 15.0 Å². The van der Waals surface area contributed by atoms with Gasteiger partial charge in [0.25, 0.3) is 0 Å². The van der Waals surface area contributed by atoms with Gasteiger partial charge in [0.2, 0.25) is 0 Å². The van der Waals surface area contributed by atoms with Gasteiger partial charge in [-0.25, -0.2) is 0 Å². The molecule has 1 rings (SSSR count). The second-order valence-corrected chi connectivity index (χ2v) is 4.08. The topological polar surface area (TPSA) is 107 Å². The molecule has 19 heavy (non-hydrogen) atoms. The van der Waals surface area contributed by atoms with Crippen molar-refractivity contribution in [2.45, 2.75) is 24.9 Å².